The van der Waals surface area contributed by atoms with E-state index in [0.29, 0.717) is 44.9 Å². The second-order valence-corrected chi connectivity index (χ2v) is 32.6. The zero-order chi connectivity index (χ0) is 84.0. The maximum Gasteiger partial charge on any atom is 0.472 e. The summed E-state index contributed by atoms with van der Waals surface area (Å²) in [6.07, 6.45) is 10.9. The number of carbonyl (C=O) groups excluding carboxylic acids is 10. The number of phosphoric acid groups is 2. The Kier molecular flexibility index (Phi) is 56.2. The second kappa shape index (κ2) is 61.2. The Morgan fingerprint density at radius 1 is 0.327 bits per heavy atom. The molecule has 0 aromatic carbocycles. The number of phosphoric ester groups is 2. The van der Waals surface area contributed by atoms with Crippen LogP contribution in [0.1, 0.15) is 352 Å². The molecule has 656 valence electrons. The molecule has 0 radical (unpaired) electrons. The van der Waals surface area contributed by atoms with Crippen LogP contribution in [0.15, 0.2) is 0 Å². The summed E-state index contributed by atoms with van der Waals surface area (Å²) >= 11 is 0. The summed E-state index contributed by atoms with van der Waals surface area (Å²) in [5.74, 6) is -9.30. The van der Waals surface area contributed by atoms with Crippen LogP contribution in [0.2, 0.25) is 0 Å². The zero-order valence-electron chi connectivity index (χ0n) is 69.5. The number of rotatable bonds is 66. The van der Waals surface area contributed by atoms with E-state index in [9.17, 15) is 76.6 Å². The van der Waals surface area contributed by atoms with E-state index in [-0.39, 0.29) is 25.7 Å². The molecule has 0 spiro atoms. The van der Waals surface area contributed by atoms with E-state index < -0.39 is 200 Å². The van der Waals surface area contributed by atoms with Crippen LogP contribution < -0.4 is 10.6 Å². The highest BCUT2D eigenvalue weighted by molar-refractivity contribution is 7.46. The largest absolute Gasteiger partial charge is 0.472 e. The molecule has 14 atom stereocenters. The second-order valence-electron chi connectivity index (χ2n) is 30.3. The van der Waals surface area contributed by atoms with Crippen LogP contribution in [0, 0.1) is 0 Å². The molecule has 0 aromatic rings. The molecule has 0 saturated carbocycles. The third-order valence-electron chi connectivity index (χ3n) is 19.6. The van der Waals surface area contributed by atoms with Gasteiger partial charge in [0.15, 0.2) is 30.9 Å². The molecule has 31 nitrogen and oxygen atoms in total. The van der Waals surface area contributed by atoms with Crippen molar-refractivity contribution in [1.82, 2.24) is 10.6 Å². The van der Waals surface area contributed by atoms with Gasteiger partial charge >= 0.3 is 63.4 Å². The van der Waals surface area contributed by atoms with Gasteiger partial charge in [-0.25, -0.2) is 9.13 Å². The van der Waals surface area contributed by atoms with Gasteiger partial charge in [0.05, 0.1) is 32.3 Å². The van der Waals surface area contributed by atoms with E-state index >= 15 is 0 Å². The summed E-state index contributed by atoms with van der Waals surface area (Å²) in [6.45, 7) is 13.0. The average molecular weight is 1660 g/mol. The summed E-state index contributed by atoms with van der Waals surface area (Å²) in [4.78, 5) is 178. The van der Waals surface area contributed by atoms with Gasteiger partial charge in [-0.15, -0.1) is 0 Å². The lowest BCUT2D eigenvalue weighted by Crippen LogP contribution is -2.68. The van der Waals surface area contributed by atoms with Gasteiger partial charge in [0.2, 0.25) is 11.8 Å². The highest BCUT2D eigenvalue weighted by atomic mass is 31.2. The Bertz CT molecular complexity index is 2810. The molecule has 2 aliphatic heterocycles. The maximum absolute atomic E-state index is 14.9. The van der Waals surface area contributed by atoms with Gasteiger partial charge in [-0.3, -0.25) is 57.0 Å². The number of esters is 8. The Balaban J connectivity index is 3.00. The van der Waals surface area contributed by atoms with Gasteiger partial charge in [0.1, 0.15) is 61.4 Å². The van der Waals surface area contributed by atoms with Gasteiger partial charge in [-0.2, -0.15) is 0 Å². The van der Waals surface area contributed by atoms with Crippen molar-refractivity contribution in [3.05, 3.63) is 0 Å². The van der Waals surface area contributed by atoms with Crippen molar-refractivity contribution in [2.75, 3.05) is 13.2 Å². The fourth-order valence-electron chi connectivity index (χ4n) is 14.2. The van der Waals surface area contributed by atoms with E-state index in [1.54, 1.807) is 0 Å². The Morgan fingerprint density at radius 3 is 0.912 bits per heavy atom. The standard InChI is InChI=1S/C80H142N2O29P2/c1-11-15-19-23-27-31-35-39-43-47-63(101-58(6)84)51-69(89)81-73-78(109-72(92)54-66(104-61(9)87)50-46-42-38-34-30-26-22-18-14-4)76(110-112(93,94)95)68(55-99-57(5)83)106-79(73)100-56-67-75(105-62(10)88)77(108-71(91)53-65(103-60(8)86)49-45-41-37-33-29-25-21-17-13-3)74(80(107-67)111-113(96,97)98)82-70(90)52-64(102-59(7)85)48-44-40-36-32-28-24-20-16-12-2/h63-68,73-80H,11-56H2,1-10H3,(H,81,89)(H,82,90)(H2,93,94,95)(H2,96,97,98)/t63?,64?,65?,66?,67-,68-,73-,74-,75-,76-,77-,78-,79-,80-/m1/s1. The molecule has 0 aromatic heterocycles. The van der Waals surface area contributed by atoms with Crippen molar-refractivity contribution in [1.29, 1.82) is 0 Å². The van der Waals surface area contributed by atoms with Crippen molar-refractivity contribution in [3.63, 3.8) is 0 Å². The van der Waals surface area contributed by atoms with E-state index in [0.717, 1.165) is 228 Å². The molecule has 33 heteroatoms. The molecular formula is C80H142N2O29P2. The molecule has 113 heavy (non-hydrogen) atoms. The lowest BCUT2D eigenvalue weighted by atomic mass is 9.94. The van der Waals surface area contributed by atoms with Crippen molar-refractivity contribution < 1.29 is 138 Å². The first-order valence-electron chi connectivity index (χ1n) is 42.2. The van der Waals surface area contributed by atoms with Gasteiger partial charge in [-0.05, 0) is 51.4 Å². The Morgan fingerprint density at radius 2 is 0.611 bits per heavy atom. The Hall–Kier alpha value is -5.20. The normalized spacial score (nSPS) is 20.8. The van der Waals surface area contributed by atoms with Crippen LogP contribution in [0.3, 0.4) is 0 Å². The first kappa shape index (κ1) is 104. The number of ether oxygens (including phenoxy) is 11. The lowest BCUT2D eigenvalue weighted by molar-refractivity contribution is -0.298. The SMILES string of the molecule is CCCCCCCCCCCC(CC(=O)N[C@H]1[C@@H](OP(=O)(O)O)O[C@H](CO[C@@H]2O[C@H](COC(C)=O)[C@@H](OP(=O)(O)O)[C@H](OC(=O)CC(CCCCCCCCCCC)OC(C)=O)[C@H]2NC(=O)CC(CCCCCCCCCCC)OC(C)=O)[C@@H](OC(C)=O)[C@@H]1OC(=O)CC(CCCCCCCCCCC)OC(C)=O)OC(C)=O. The summed E-state index contributed by atoms with van der Waals surface area (Å²) in [5.41, 5.74) is 0. The molecule has 2 aliphatic rings. The highest BCUT2D eigenvalue weighted by Gasteiger charge is 2.56. The molecule has 0 bridgehead atoms. The number of carbonyl (C=O) groups is 10. The van der Waals surface area contributed by atoms with Gasteiger partial charge in [0.25, 0.3) is 0 Å². The van der Waals surface area contributed by atoms with E-state index in [1.165, 1.54) is 0 Å². The summed E-state index contributed by atoms with van der Waals surface area (Å²) in [6, 6.07) is -4.07. The summed E-state index contributed by atoms with van der Waals surface area (Å²) in [5, 5.41) is 5.22. The van der Waals surface area contributed by atoms with Crippen LogP contribution in [0.4, 0.5) is 0 Å². The average Bonchev–Trinajstić information content (AvgIpc) is 0.776. The molecule has 4 unspecified atom stereocenters. The van der Waals surface area contributed by atoms with E-state index in [4.69, 9.17) is 61.2 Å². The van der Waals surface area contributed by atoms with Crippen LogP contribution in [-0.4, -0.2) is 178 Å². The van der Waals surface area contributed by atoms with Crippen molar-refractivity contribution >= 4 is 75.2 Å². The van der Waals surface area contributed by atoms with Crippen LogP contribution >= 0.6 is 15.6 Å². The lowest BCUT2D eigenvalue weighted by Gasteiger charge is -2.47. The van der Waals surface area contributed by atoms with Crippen LogP contribution in [0.25, 0.3) is 0 Å². The van der Waals surface area contributed by atoms with Gasteiger partial charge in [-0.1, -0.05) is 233 Å². The molecule has 6 N–H and O–H groups in total. The van der Waals surface area contributed by atoms with Crippen molar-refractivity contribution in [3.8, 4) is 0 Å². The minimum absolute atomic E-state index is 0.164. The number of unbranched alkanes of at least 4 members (excludes halogenated alkanes) is 32. The smallest absolute Gasteiger partial charge is 0.463 e. The number of hydrogen-bond donors (Lipinski definition) is 6. The topological polar surface area (TPSA) is 430 Å². The van der Waals surface area contributed by atoms with Gasteiger partial charge < -0.3 is 82.3 Å². The monoisotopic (exact) mass is 1660 g/mol. The van der Waals surface area contributed by atoms with E-state index in [2.05, 4.69) is 38.3 Å². The molecular weight excluding hydrogens is 1510 g/mol. The molecule has 2 rings (SSSR count). The van der Waals surface area contributed by atoms with Crippen LogP contribution in [-0.2, 0) is 118 Å². The quantitative estimate of drug-likeness (QED) is 0.0142. The van der Waals surface area contributed by atoms with E-state index in [1.807, 2.05) is 0 Å². The number of amides is 2. The first-order valence-corrected chi connectivity index (χ1v) is 45.2. The molecule has 2 amide bonds. The van der Waals surface area contributed by atoms with Gasteiger partial charge in [0, 0.05) is 41.5 Å². The zero-order valence-corrected chi connectivity index (χ0v) is 71.3. The third-order valence-corrected chi connectivity index (χ3v) is 20.6. The summed E-state index contributed by atoms with van der Waals surface area (Å²) in [7, 11) is -11.6. The minimum Gasteiger partial charge on any atom is -0.463 e. The molecule has 0 aliphatic carbocycles. The number of nitrogens with one attached hydrogen (secondary N) is 2. The predicted octanol–water partition coefficient (Wildman–Crippen LogP) is 14.3. The van der Waals surface area contributed by atoms with Crippen LogP contribution in [0.5, 0.6) is 0 Å². The molecule has 2 heterocycles. The highest BCUT2D eigenvalue weighted by Crippen LogP contribution is 2.44. The van der Waals surface area contributed by atoms with Crippen molar-refractivity contribution in [2.24, 2.45) is 0 Å². The summed E-state index contributed by atoms with van der Waals surface area (Å²) < 4.78 is 102. The third kappa shape index (κ3) is 51.6. The first-order chi connectivity index (χ1) is 53.8. The fraction of sp³-hybridized carbons (Fsp3) is 0.875. The predicted molar refractivity (Wildman–Crippen MR) is 417 cm³/mol. The maximum atomic E-state index is 14.9. The molecule has 2 fully saturated rings. The molecule has 2 saturated heterocycles. The fourth-order valence-corrected chi connectivity index (χ4v) is 15.2. The Labute approximate surface area is 671 Å². The van der Waals surface area contributed by atoms with Crippen molar-refractivity contribution in [2.45, 2.75) is 437 Å². The number of hydrogen-bond acceptors (Lipinski definition) is 25. The minimum atomic E-state index is -5.80.